The second-order valence-electron chi connectivity index (χ2n) is 4.81. The summed E-state index contributed by atoms with van der Waals surface area (Å²) in [7, 11) is 0. The zero-order chi connectivity index (χ0) is 14.4. The molecule has 0 aliphatic heterocycles. The van der Waals surface area contributed by atoms with Gasteiger partial charge in [0.1, 0.15) is 5.82 Å². The van der Waals surface area contributed by atoms with Gasteiger partial charge in [-0.25, -0.2) is 4.98 Å². The Morgan fingerprint density at radius 2 is 2.11 bits per heavy atom. The van der Waals surface area contributed by atoms with E-state index in [-0.39, 0.29) is 11.9 Å². The fraction of sp³-hybridized carbons (Fsp3) is 0.571. The van der Waals surface area contributed by atoms with Gasteiger partial charge < -0.3 is 10.6 Å². The summed E-state index contributed by atoms with van der Waals surface area (Å²) in [5.41, 5.74) is 0.579. The normalized spacial score (nSPS) is 12.3. The smallest absolute Gasteiger partial charge is 0.255 e. The molecule has 19 heavy (non-hydrogen) atoms. The molecule has 1 amide bonds. The molecule has 1 heterocycles. The number of carbonyl (C=O) groups excluding carboxylic acids is 1. The Morgan fingerprint density at radius 1 is 1.42 bits per heavy atom. The van der Waals surface area contributed by atoms with Crippen LogP contribution in [-0.2, 0) is 0 Å². The fourth-order valence-corrected chi connectivity index (χ4v) is 2.24. The van der Waals surface area contributed by atoms with E-state index < -0.39 is 0 Å². The van der Waals surface area contributed by atoms with Gasteiger partial charge in [0.2, 0.25) is 0 Å². The predicted octanol–water partition coefficient (Wildman–Crippen LogP) is 3.44. The highest BCUT2D eigenvalue weighted by Crippen LogP contribution is 2.18. The van der Waals surface area contributed by atoms with Crippen LogP contribution in [0.25, 0.3) is 0 Å². The van der Waals surface area contributed by atoms with E-state index in [2.05, 4.69) is 52.3 Å². The number of nitrogens with one attached hydrogen (secondary N) is 2. The third-order valence-corrected chi connectivity index (χ3v) is 3.44. The lowest BCUT2D eigenvalue weighted by atomic mass is 10.0. The number of anilines is 1. The summed E-state index contributed by atoms with van der Waals surface area (Å²) in [5.74, 6) is 0.962. The quantitative estimate of drug-likeness (QED) is 0.841. The van der Waals surface area contributed by atoms with Crippen molar-refractivity contribution < 1.29 is 4.79 Å². The molecule has 1 aromatic rings. The molecule has 0 saturated carbocycles. The van der Waals surface area contributed by atoms with Crippen LogP contribution in [0, 0.1) is 5.92 Å². The molecule has 1 unspecified atom stereocenters. The first kappa shape index (κ1) is 16.0. The summed E-state index contributed by atoms with van der Waals surface area (Å²) in [5, 5.41) is 6.18. The van der Waals surface area contributed by atoms with Crippen molar-refractivity contribution >= 4 is 27.7 Å². The van der Waals surface area contributed by atoms with Crippen molar-refractivity contribution in [3.05, 3.63) is 22.3 Å². The Kier molecular flexibility index (Phi) is 6.28. The Labute approximate surface area is 123 Å². The monoisotopic (exact) mass is 327 g/mol. The van der Waals surface area contributed by atoms with Gasteiger partial charge >= 0.3 is 0 Å². The number of amides is 1. The van der Waals surface area contributed by atoms with Gasteiger partial charge in [0.15, 0.2) is 0 Å². The second-order valence-corrected chi connectivity index (χ2v) is 5.73. The molecule has 0 aliphatic carbocycles. The van der Waals surface area contributed by atoms with E-state index in [0.29, 0.717) is 17.3 Å². The molecule has 1 atom stereocenters. The molecule has 2 N–H and O–H groups in total. The van der Waals surface area contributed by atoms with Crippen molar-refractivity contribution in [2.24, 2.45) is 5.92 Å². The van der Waals surface area contributed by atoms with Crippen LogP contribution in [0.2, 0.25) is 0 Å². The minimum atomic E-state index is -0.0784. The summed E-state index contributed by atoms with van der Waals surface area (Å²) < 4.78 is 0.803. The van der Waals surface area contributed by atoms with Crippen molar-refractivity contribution in [1.82, 2.24) is 10.3 Å². The predicted molar refractivity (Wildman–Crippen MR) is 82.5 cm³/mol. The Morgan fingerprint density at radius 3 is 2.63 bits per heavy atom. The van der Waals surface area contributed by atoms with Crippen LogP contribution in [0.1, 0.15) is 44.5 Å². The molecule has 0 aromatic carbocycles. The minimum Gasteiger partial charge on any atom is -0.370 e. The van der Waals surface area contributed by atoms with E-state index in [9.17, 15) is 4.79 Å². The van der Waals surface area contributed by atoms with E-state index in [0.717, 1.165) is 17.4 Å². The van der Waals surface area contributed by atoms with Crippen molar-refractivity contribution in [1.29, 1.82) is 0 Å². The first-order chi connectivity index (χ1) is 8.99. The van der Waals surface area contributed by atoms with Gasteiger partial charge in [-0.2, -0.15) is 0 Å². The van der Waals surface area contributed by atoms with Crippen molar-refractivity contribution in [3.8, 4) is 0 Å². The maximum absolute atomic E-state index is 12.4. The highest BCUT2D eigenvalue weighted by molar-refractivity contribution is 9.10. The molecule has 0 aliphatic rings. The summed E-state index contributed by atoms with van der Waals surface area (Å²) >= 11 is 3.36. The number of nitrogens with zero attached hydrogens (tertiary/aromatic N) is 1. The van der Waals surface area contributed by atoms with Crippen LogP contribution in [0.15, 0.2) is 16.7 Å². The molecule has 0 radical (unpaired) electrons. The maximum Gasteiger partial charge on any atom is 0.255 e. The fourth-order valence-electron chi connectivity index (χ4n) is 1.91. The molecule has 0 bridgehead atoms. The molecule has 1 rings (SSSR count). The highest BCUT2D eigenvalue weighted by atomic mass is 79.9. The summed E-state index contributed by atoms with van der Waals surface area (Å²) in [6.45, 7) is 9.01. The Balaban J connectivity index is 2.94. The topological polar surface area (TPSA) is 54.0 Å². The first-order valence-corrected chi connectivity index (χ1v) is 7.49. The lowest BCUT2D eigenvalue weighted by Crippen LogP contribution is -2.38. The van der Waals surface area contributed by atoms with Crippen LogP contribution >= 0.6 is 15.9 Å². The third kappa shape index (κ3) is 4.49. The standard InChI is InChI=1S/C14H22BrN3O/c1-5-12(9(3)4)18-14(19)11-7-10(15)8-17-13(11)16-6-2/h7-9,12H,5-6H2,1-4H3,(H,16,17)(H,18,19). The van der Waals surface area contributed by atoms with E-state index >= 15 is 0 Å². The maximum atomic E-state index is 12.4. The number of pyridine rings is 1. The van der Waals surface area contributed by atoms with Gasteiger partial charge in [0.05, 0.1) is 5.56 Å². The molecule has 0 fully saturated rings. The summed E-state index contributed by atoms with van der Waals surface area (Å²) in [6.07, 6.45) is 2.61. The van der Waals surface area contributed by atoms with Crippen LogP contribution in [0.4, 0.5) is 5.82 Å². The van der Waals surface area contributed by atoms with Gasteiger partial charge in [-0.3, -0.25) is 4.79 Å². The van der Waals surface area contributed by atoms with Crippen LogP contribution in [0.5, 0.6) is 0 Å². The van der Waals surface area contributed by atoms with E-state index in [1.807, 2.05) is 6.92 Å². The minimum absolute atomic E-state index is 0.0784. The van der Waals surface area contributed by atoms with Gasteiger partial charge in [0.25, 0.3) is 5.91 Å². The van der Waals surface area contributed by atoms with Crippen molar-refractivity contribution in [2.45, 2.75) is 40.2 Å². The van der Waals surface area contributed by atoms with E-state index in [1.54, 1.807) is 12.3 Å². The Bertz CT molecular complexity index is 435. The molecule has 106 valence electrons. The van der Waals surface area contributed by atoms with Gasteiger partial charge in [-0.05, 0) is 41.3 Å². The number of halogens is 1. The van der Waals surface area contributed by atoms with Gasteiger partial charge in [-0.1, -0.05) is 20.8 Å². The molecular formula is C14H22BrN3O. The number of hydrogen-bond acceptors (Lipinski definition) is 3. The molecule has 0 spiro atoms. The van der Waals surface area contributed by atoms with Gasteiger partial charge in [0, 0.05) is 23.3 Å². The molecule has 4 nitrogen and oxygen atoms in total. The number of aromatic nitrogens is 1. The van der Waals surface area contributed by atoms with E-state index in [4.69, 9.17) is 0 Å². The third-order valence-electron chi connectivity index (χ3n) is 3.00. The lowest BCUT2D eigenvalue weighted by Gasteiger charge is -2.21. The van der Waals surface area contributed by atoms with Gasteiger partial charge in [-0.15, -0.1) is 0 Å². The number of rotatable bonds is 6. The average Bonchev–Trinajstić information content (AvgIpc) is 2.37. The van der Waals surface area contributed by atoms with E-state index in [1.165, 1.54) is 0 Å². The molecule has 1 aromatic heterocycles. The number of carbonyl (C=O) groups is 1. The van der Waals surface area contributed by atoms with Crippen molar-refractivity contribution in [2.75, 3.05) is 11.9 Å². The van der Waals surface area contributed by atoms with Crippen LogP contribution in [-0.4, -0.2) is 23.5 Å². The van der Waals surface area contributed by atoms with Crippen LogP contribution < -0.4 is 10.6 Å². The molecular weight excluding hydrogens is 306 g/mol. The van der Waals surface area contributed by atoms with Crippen LogP contribution in [0.3, 0.4) is 0 Å². The summed E-state index contributed by atoms with van der Waals surface area (Å²) in [6, 6.07) is 1.98. The van der Waals surface area contributed by atoms with Crippen molar-refractivity contribution in [3.63, 3.8) is 0 Å². The lowest BCUT2D eigenvalue weighted by molar-refractivity contribution is 0.0925. The zero-order valence-corrected chi connectivity index (χ0v) is 13.5. The average molecular weight is 328 g/mol. The largest absolute Gasteiger partial charge is 0.370 e. The number of hydrogen-bond donors (Lipinski definition) is 2. The molecule has 5 heteroatoms. The highest BCUT2D eigenvalue weighted by Gasteiger charge is 2.18. The first-order valence-electron chi connectivity index (χ1n) is 6.69. The Hall–Kier alpha value is -1.10. The second kappa shape index (κ2) is 7.48. The summed E-state index contributed by atoms with van der Waals surface area (Å²) in [4.78, 5) is 16.6. The SMILES string of the molecule is CCNc1ncc(Br)cc1C(=O)NC(CC)C(C)C. The molecule has 0 saturated heterocycles. The zero-order valence-electron chi connectivity index (χ0n) is 12.0.